The van der Waals surface area contributed by atoms with Crippen LogP contribution in [-0.2, 0) is 10.9 Å². The van der Waals surface area contributed by atoms with Crippen molar-refractivity contribution in [2.24, 2.45) is 5.73 Å². The summed E-state index contributed by atoms with van der Waals surface area (Å²) in [5.74, 6) is 0. The predicted octanol–water partition coefficient (Wildman–Crippen LogP) is -1.48. The SMILES string of the molecule is CN(C(N)=O)[SH](=O)=O. The molecule has 0 spiro atoms. The third kappa shape index (κ3) is 1.78. The van der Waals surface area contributed by atoms with Crippen LogP contribution in [0.2, 0.25) is 0 Å². The highest BCUT2D eigenvalue weighted by Crippen LogP contribution is 1.76. The van der Waals surface area contributed by atoms with Crippen LogP contribution in [-0.4, -0.2) is 25.8 Å². The summed E-state index contributed by atoms with van der Waals surface area (Å²) in [6.07, 6.45) is 0. The fourth-order valence-corrected chi connectivity index (χ4v) is 0.241. The van der Waals surface area contributed by atoms with E-state index in [1.54, 1.807) is 0 Å². The minimum absolute atomic E-state index is 0.426. The average molecular weight is 138 g/mol. The van der Waals surface area contributed by atoms with Crippen molar-refractivity contribution in [3.05, 3.63) is 0 Å². The molecule has 0 aromatic rings. The van der Waals surface area contributed by atoms with Crippen molar-refractivity contribution in [2.45, 2.75) is 0 Å². The van der Waals surface area contributed by atoms with Crippen LogP contribution in [0.1, 0.15) is 0 Å². The normalized spacial score (nSPS) is 9.25. The second-order valence-corrected chi connectivity index (χ2v) is 2.18. The molecule has 48 valence electrons. The summed E-state index contributed by atoms with van der Waals surface area (Å²) in [4.78, 5) is 9.91. The molecule has 0 atom stereocenters. The number of hydrogen-bond donors (Lipinski definition) is 2. The minimum Gasteiger partial charge on any atom is -0.351 e. The zero-order valence-corrected chi connectivity index (χ0v) is 5.09. The van der Waals surface area contributed by atoms with Crippen molar-refractivity contribution in [2.75, 3.05) is 7.05 Å². The van der Waals surface area contributed by atoms with Crippen molar-refractivity contribution in [3.8, 4) is 0 Å². The number of primary amides is 1. The number of nitrogens with zero attached hydrogens (tertiary/aromatic N) is 1. The number of thiol groups is 1. The maximum absolute atomic E-state index is 9.91. The molecule has 0 aliphatic carbocycles. The molecule has 0 saturated heterocycles. The summed E-state index contributed by atoms with van der Waals surface area (Å²) >= 11 is 0. The molecule has 0 fully saturated rings. The topological polar surface area (TPSA) is 80.5 Å². The highest BCUT2D eigenvalue weighted by atomic mass is 32.2. The molecule has 0 heterocycles. The Bertz CT molecular complexity index is 155. The Morgan fingerprint density at radius 1 is 1.62 bits per heavy atom. The molecule has 6 heteroatoms. The van der Waals surface area contributed by atoms with Crippen LogP contribution in [0.25, 0.3) is 0 Å². The largest absolute Gasteiger partial charge is 0.351 e. The van der Waals surface area contributed by atoms with Gasteiger partial charge in [0, 0.05) is 7.05 Å². The maximum Gasteiger partial charge on any atom is 0.327 e. The Kier molecular flexibility index (Phi) is 2.26. The minimum atomic E-state index is -2.84. The van der Waals surface area contributed by atoms with Crippen LogP contribution in [0.4, 0.5) is 4.79 Å². The first-order chi connectivity index (χ1) is 3.55. The molecule has 0 unspecified atom stereocenters. The number of rotatable bonds is 1. The molecule has 2 amide bonds. The Labute approximate surface area is 48.2 Å². The van der Waals surface area contributed by atoms with Gasteiger partial charge >= 0.3 is 6.03 Å². The van der Waals surface area contributed by atoms with E-state index in [-0.39, 0.29) is 0 Å². The number of carbonyl (C=O) groups is 1. The Balaban J connectivity index is 4.04. The van der Waals surface area contributed by atoms with Gasteiger partial charge in [0.05, 0.1) is 0 Å². The number of nitrogens with two attached hydrogens (primary N) is 1. The van der Waals surface area contributed by atoms with Crippen molar-refractivity contribution in [1.29, 1.82) is 0 Å². The standard InChI is InChI=1S/C2H6N2O3S/c1-4(2(3)5)8(6)7/h8H,1H3,(H2,3,5). The van der Waals surface area contributed by atoms with Gasteiger partial charge in [0.25, 0.3) is 0 Å². The molecule has 0 radical (unpaired) electrons. The lowest BCUT2D eigenvalue weighted by Gasteiger charge is -2.01. The quantitative estimate of drug-likeness (QED) is 0.434. The van der Waals surface area contributed by atoms with E-state index < -0.39 is 16.9 Å². The van der Waals surface area contributed by atoms with Gasteiger partial charge in [0.1, 0.15) is 0 Å². The summed E-state index contributed by atoms with van der Waals surface area (Å²) in [5.41, 5.74) is 4.54. The Hall–Kier alpha value is -0.780. The summed E-state index contributed by atoms with van der Waals surface area (Å²) in [6, 6.07) is -0.971. The van der Waals surface area contributed by atoms with E-state index in [9.17, 15) is 13.2 Å². The first kappa shape index (κ1) is 7.22. The highest BCUT2D eigenvalue weighted by Gasteiger charge is 2.01. The molecular weight excluding hydrogens is 132 g/mol. The number of amides is 2. The van der Waals surface area contributed by atoms with E-state index in [1.165, 1.54) is 0 Å². The lowest BCUT2D eigenvalue weighted by Crippen LogP contribution is -2.30. The highest BCUT2D eigenvalue weighted by molar-refractivity contribution is 7.70. The van der Waals surface area contributed by atoms with Crippen molar-refractivity contribution >= 4 is 16.9 Å². The average Bonchev–Trinajstić information content (AvgIpc) is 1.64. The van der Waals surface area contributed by atoms with E-state index in [4.69, 9.17) is 0 Å². The van der Waals surface area contributed by atoms with Crippen molar-refractivity contribution in [3.63, 3.8) is 0 Å². The lowest BCUT2D eigenvalue weighted by molar-refractivity contribution is 0.238. The third-order valence-corrected chi connectivity index (χ3v) is 1.25. The molecule has 5 nitrogen and oxygen atoms in total. The van der Waals surface area contributed by atoms with Gasteiger partial charge in [-0.25, -0.2) is 17.5 Å². The summed E-state index contributed by atoms with van der Waals surface area (Å²) < 4.78 is 20.0. The van der Waals surface area contributed by atoms with Gasteiger partial charge in [-0.05, 0) is 0 Å². The summed E-state index contributed by atoms with van der Waals surface area (Å²) in [5, 5.41) is 0. The molecule has 0 bridgehead atoms. The fraction of sp³-hybridized carbons (Fsp3) is 0.500. The third-order valence-electron chi connectivity index (χ3n) is 0.564. The number of carbonyl (C=O) groups excluding carboxylic acids is 1. The summed E-state index contributed by atoms with van der Waals surface area (Å²) in [6.45, 7) is 0. The predicted molar refractivity (Wildman–Crippen MR) is 27.7 cm³/mol. The van der Waals surface area contributed by atoms with Gasteiger partial charge in [0.15, 0.2) is 0 Å². The monoisotopic (exact) mass is 138 g/mol. The van der Waals surface area contributed by atoms with Crippen LogP contribution in [0.3, 0.4) is 0 Å². The molecule has 0 rings (SSSR count). The van der Waals surface area contributed by atoms with Gasteiger partial charge < -0.3 is 5.73 Å². The molecule has 2 N–H and O–H groups in total. The zero-order chi connectivity index (χ0) is 6.73. The first-order valence-electron chi connectivity index (χ1n) is 1.73. The first-order valence-corrected chi connectivity index (χ1v) is 2.86. The van der Waals surface area contributed by atoms with Gasteiger partial charge in [-0.2, -0.15) is 0 Å². The molecule has 0 aliphatic rings. The molecule has 0 saturated carbocycles. The van der Waals surface area contributed by atoms with E-state index >= 15 is 0 Å². The van der Waals surface area contributed by atoms with E-state index in [1.807, 2.05) is 0 Å². The molecule has 0 aliphatic heterocycles. The second kappa shape index (κ2) is 2.51. The van der Waals surface area contributed by atoms with E-state index in [0.29, 0.717) is 4.31 Å². The van der Waals surface area contributed by atoms with Gasteiger partial charge in [-0.15, -0.1) is 0 Å². The lowest BCUT2D eigenvalue weighted by atomic mass is 11.0. The van der Waals surface area contributed by atoms with Gasteiger partial charge in [-0.1, -0.05) is 0 Å². The Morgan fingerprint density at radius 3 is 2.00 bits per heavy atom. The van der Waals surface area contributed by atoms with Crippen molar-refractivity contribution < 1.29 is 13.2 Å². The van der Waals surface area contributed by atoms with E-state index in [0.717, 1.165) is 7.05 Å². The van der Waals surface area contributed by atoms with Gasteiger partial charge in [0.2, 0.25) is 10.9 Å². The Morgan fingerprint density at radius 2 is 2.00 bits per heavy atom. The molecular formula is C2H6N2O3S. The van der Waals surface area contributed by atoms with Crippen LogP contribution in [0, 0.1) is 0 Å². The smallest absolute Gasteiger partial charge is 0.327 e. The molecule has 8 heavy (non-hydrogen) atoms. The van der Waals surface area contributed by atoms with Crippen molar-refractivity contribution in [1.82, 2.24) is 4.31 Å². The van der Waals surface area contributed by atoms with Crippen LogP contribution < -0.4 is 5.73 Å². The maximum atomic E-state index is 9.91. The molecule has 0 aromatic heterocycles. The fourth-order valence-electron chi connectivity index (χ4n) is 0.0805. The zero-order valence-electron chi connectivity index (χ0n) is 4.20. The van der Waals surface area contributed by atoms with Crippen LogP contribution in [0.15, 0.2) is 0 Å². The second-order valence-electron chi connectivity index (χ2n) is 1.10. The van der Waals surface area contributed by atoms with Gasteiger partial charge in [-0.3, -0.25) is 0 Å². The number of urea groups is 1. The number of hydrogen-bond acceptors (Lipinski definition) is 3. The van der Waals surface area contributed by atoms with Crippen LogP contribution >= 0.6 is 0 Å². The van der Waals surface area contributed by atoms with E-state index in [2.05, 4.69) is 5.73 Å². The molecule has 0 aromatic carbocycles. The summed E-state index contributed by atoms with van der Waals surface area (Å²) in [7, 11) is -1.76. The van der Waals surface area contributed by atoms with Crippen LogP contribution in [0.5, 0.6) is 0 Å².